The second kappa shape index (κ2) is 9.64. The molecule has 31 heavy (non-hydrogen) atoms. The molecule has 1 atom stereocenters. The van der Waals surface area contributed by atoms with Crippen LogP contribution in [0.2, 0.25) is 0 Å². The van der Waals surface area contributed by atoms with Crippen molar-refractivity contribution in [3.05, 3.63) is 54.4 Å². The predicted octanol–water partition coefficient (Wildman–Crippen LogP) is 6.04. The molecule has 4 nitrogen and oxygen atoms in total. The number of nitrogens with one attached hydrogen (secondary N) is 2. The number of carbonyl (C=O) groups excluding carboxylic acids is 1. The van der Waals surface area contributed by atoms with E-state index in [2.05, 4.69) is 71.6 Å². The van der Waals surface area contributed by atoms with E-state index >= 15 is 0 Å². The molecular formula is C24H28F3N3O. The Hall–Kier alpha value is -2.67. The van der Waals surface area contributed by atoms with Gasteiger partial charge in [0, 0.05) is 12.6 Å². The molecule has 7 heteroatoms. The Balaban J connectivity index is 0.000000401. The fraction of sp³-hybridized carbons (Fsp3) is 0.417. The lowest BCUT2D eigenvalue weighted by Gasteiger charge is -2.35. The average Bonchev–Trinajstić information content (AvgIpc) is 3.20. The third-order valence-electron chi connectivity index (χ3n) is 5.64. The van der Waals surface area contributed by atoms with E-state index in [4.69, 9.17) is 4.79 Å². The summed E-state index contributed by atoms with van der Waals surface area (Å²) in [5, 5.41) is 3.76. The van der Waals surface area contributed by atoms with Crippen molar-refractivity contribution in [1.82, 2.24) is 15.3 Å². The topological polar surface area (TPSA) is 57.8 Å². The summed E-state index contributed by atoms with van der Waals surface area (Å²) >= 11 is 0. The maximum atomic E-state index is 10.4. The summed E-state index contributed by atoms with van der Waals surface area (Å²) in [6.45, 7) is 5.75. The molecule has 0 radical (unpaired) electrons. The van der Waals surface area contributed by atoms with Gasteiger partial charge in [0.05, 0.1) is 17.4 Å². The molecule has 1 heterocycles. The average molecular weight is 432 g/mol. The quantitative estimate of drug-likeness (QED) is 0.496. The van der Waals surface area contributed by atoms with Crippen LogP contribution in [0.3, 0.4) is 0 Å². The molecule has 0 amide bonds. The lowest BCUT2D eigenvalue weighted by atomic mass is 9.75. The maximum absolute atomic E-state index is 10.4. The third-order valence-corrected chi connectivity index (χ3v) is 5.64. The molecule has 4 rings (SSSR count). The van der Waals surface area contributed by atoms with Crippen LogP contribution in [0.5, 0.6) is 0 Å². The van der Waals surface area contributed by atoms with Crippen LogP contribution in [0, 0.1) is 5.41 Å². The van der Waals surface area contributed by atoms with Crippen LogP contribution in [0.4, 0.5) is 13.2 Å². The number of imidazole rings is 1. The SMILES string of the molecule is CC1(C)CCC[C@@H](NCc2ccc(-c3ccc4nc[nH]c4c3)cc2)C1.O=CC(F)(F)F. The van der Waals surface area contributed by atoms with Crippen LogP contribution in [0.25, 0.3) is 22.2 Å². The zero-order valence-corrected chi connectivity index (χ0v) is 17.8. The van der Waals surface area contributed by atoms with Crippen LogP contribution in [-0.2, 0) is 11.3 Å². The first-order valence-electron chi connectivity index (χ1n) is 10.4. The number of fused-ring (bicyclic) bond motifs is 1. The summed E-state index contributed by atoms with van der Waals surface area (Å²) in [4.78, 5) is 16.2. The fourth-order valence-corrected chi connectivity index (χ4v) is 4.06. The molecule has 0 saturated heterocycles. The van der Waals surface area contributed by atoms with Crippen molar-refractivity contribution in [3.63, 3.8) is 0 Å². The van der Waals surface area contributed by atoms with Gasteiger partial charge in [-0.05, 0) is 53.5 Å². The number of aromatic amines is 1. The molecule has 166 valence electrons. The van der Waals surface area contributed by atoms with E-state index < -0.39 is 12.5 Å². The molecular weight excluding hydrogens is 403 g/mol. The Labute approximate surface area is 180 Å². The number of nitrogens with zero attached hydrogens (tertiary/aromatic N) is 1. The van der Waals surface area contributed by atoms with Crippen molar-refractivity contribution in [2.24, 2.45) is 5.41 Å². The van der Waals surface area contributed by atoms with Crippen LogP contribution in [0.15, 0.2) is 48.8 Å². The number of hydrogen-bond acceptors (Lipinski definition) is 3. The smallest absolute Gasteiger partial charge is 0.345 e. The minimum Gasteiger partial charge on any atom is -0.345 e. The number of alkyl halides is 3. The molecule has 0 aliphatic heterocycles. The number of rotatable bonds is 4. The van der Waals surface area contributed by atoms with Crippen molar-refractivity contribution >= 4 is 17.3 Å². The Kier molecular flexibility index (Phi) is 7.15. The number of aldehydes is 1. The minimum atomic E-state index is -4.64. The molecule has 2 aromatic carbocycles. The van der Waals surface area contributed by atoms with Gasteiger partial charge in [-0.1, -0.05) is 50.6 Å². The van der Waals surface area contributed by atoms with Gasteiger partial charge < -0.3 is 10.3 Å². The van der Waals surface area contributed by atoms with Crippen molar-refractivity contribution in [2.75, 3.05) is 0 Å². The first-order valence-corrected chi connectivity index (χ1v) is 10.4. The van der Waals surface area contributed by atoms with Gasteiger partial charge in [-0.15, -0.1) is 0 Å². The van der Waals surface area contributed by atoms with E-state index in [0.29, 0.717) is 11.5 Å². The lowest BCUT2D eigenvalue weighted by Crippen LogP contribution is -2.36. The molecule has 2 N–H and O–H groups in total. The zero-order chi connectivity index (χ0) is 22.5. The van der Waals surface area contributed by atoms with Crippen molar-refractivity contribution < 1.29 is 18.0 Å². The van der Waals surface area contributed by atoms with Gasteiger partial charge in [-0.25, -0.2) is 4.98 Å². The minimum absolute atomic E-state index is 0.491. The molecule has 1 aliphatic rings. The fourth-order valence-electron chi connectivity index (χ4n) is 4.06. The predicted molar refractivity (Wildman–Crippen MR) is 117 cm³/mol. The third kappa shape index (κ3) is 6.92. The first kappa shape index (κ1) is 23.0. The lowest BCUT2D eigenvalue weighted by molar-refractivity contribution is -0.156. The highest BCUT2D eigenvalue weighted by molar-refractivity contribution is 5.81. The van der Waals surface area contributed by atoms with Crippen molar-refractivity contribution in [2.45, 2.75) is 58.3 Å². The number of aromatic nitrogens is 2. The summed E-state index contributed by atoms with van der Waals surface area (Å²) in [5.41, 5.74) is 6.42. The summed E-state index contributed by atoms with van der Waals surface area (Å²) in [7, 11) is 0. The van der Waals surface area contributed by atoms with Gasteiger partial charge in [-0.2, -0.15) is 13.2 Å². The van der Waals surface area contributed by atoms with Crippen LogP contribution in [0.1, 0.15) is 45.1 Å². The Morgan fingerprint density at radius 1 is 1.16 bits per heavy atom. The van der Waals surface area contributed by atoms with E-state index in [0.717, 1.165) is 17.6 Å². The normalized spacial score (nSPS) is 18.3. The molecule has 1 fully saturated rings. The Bertz CT molecular complexity index is 993. The van der Waals surface area contributed by atoms with Crippen LogP contribution in [-0.4, -0.2) is 28.5 Å². The van der Waals surface area contributed by atoms with Crippen LogP contribution >= 0.6 is 0 Å². The van der Waals surface area contributed by atoms with E-state index in [-0.39, 0.29) is 0 Å². The number of hydrogen-bond donors (Lipinski definition) is 2. The summed E-state index contributed by atoms with van der Waals surface area (Å²) < 4.78 is 31.2. The highest BCUT2D eigenvalue weighted by Crippen LogP contribution is 2.35. The number of benzene rings is 2. The van der Waals surface area contributed by atoms with E-state index in [1.807, 2.05) is 0 Å². The largest absolute Gasteiger partial charge is 0.446 e. The highest BCUT2D eigenvalue weighted by Gasteiger charge is 2.27. The van der Waals surface area contributed by atoms with Gasteiger partial charge in [0.2, 0.25) is 6.29 Å². The van der Waals surface area contributed by atoms with Crippen LogP contribution < -0.4 is 5.32 Å². The second-order valence-corrected chi connectivity index (χ2v) is 8.83. The summed E-state index contributed by atoms with van der Waals surface area (Å²) in [6, 6.07) is 16.0. The number of H-pyrrole nitrogens is 1. The second-order valence-electron chi connectivity index (χ2n) is 8.83. The van der Waals surface area contributed by atoms with Gasteiger partial charge in [0.15, 0.2) is 0 Å². The molecule has 1 saturated carbocycles. The first-order chi connectivity index (χ1) is 14.6. The molecule has 0 spiro atoms. The number of halogens is 3. The number of carbonyl (C=O) groups is 1. The van der Waals surface area contributed by atoms with Crippen molar-refractivity contribution in [1.29, 1.82) is 0 Å². The van der Waals surface area contributed by atoms with Crippen molar-refractivity contribution in [3.8, 4) is 11.1 Å². The highest BCUT2D eigenvalue weighted by atomic mass is 19.4. The van der Waals surface area contributed by atoms with Gasteiger partial charge >= 0.3 is 6.18 Å². The van der Waals surface area contributed by atoms with Gasteiger partial charge in [0.25, 0.3) is 0 Å². The standard InChI is InChI=1S/C22H27N3.C2HF3O/c1-22(2)11-3-4-19(13-22)23-14-16-5-7-17(8-6-16)18-9-10-20-21(12-18)25-15-24-20;3-2(4,5)1-6/h5-10,12,15,19,23H,3-4,11,13-14H2,1-2H3,(H,24,25);1H/t19-;/m1./s1. The van der Waals surface area contributed by atoms with E-state index in [9.17, 15) is 13.2 Å². The Morgan fingerprint density at radius 2 is 1.84 bits per heavy atom. The van der Waals surface area contributed by atoms with Gasteiger partial charge in [0.1, 0.15) is 0 Å². The zero-order valence-electron chi connectivity index (χ0n) is 17.8. The summed E-state index contributed by atoms with van der Waals surface area (Å²) in [6.07, 6.45) is 1.35. The monoisotopic (exact) mass is 431 g/mol. The van der Waals surface area contributed by atoms with Gasteiger partial charge in [-0.3, -0.25) is 4.79 Å². The molecule has 1 aromatic heterocycles. The molecule has 0 bridgehead atoms. The van der Waals surface area contributed by atoms with E-state index in [1.54, 1.807) is 6.33 Å². The molecule has 3 aromatic rings. The molecule has 1 aliphatic carbocycles. The Morgan fingerprint density at radius 3 is 2.48 bits per heavy atom. The van der Waals surface area contributed by atoms with E-state index in [1.165, 1.54) is 42.4 Å². The summed E-state index contributed by atoms with van der Waals surface area (Å²) in [5.74, 6) is 0. The molecule has 0 unspecified atom stereocenters. The maximum Gasteiger partial charge on any atom is 0.446 e.